The van der Waals surface area contributed by atoms with Gasteiger partial charge in [0.25, 0.3) is 0 Å². The van der Waals surface area contributed by atoms with Crippen LogP contribution >= 0.6 is 11.6 Å². The molecule has 2 atom stereocenters. The van der Waals surface area contributed by atoms with E-state index >= 15 is 0 Å². The summed E-state index contributed by atoms with van der Waals surface area (Å²) < 4.78 is 0. The highest BCUT2D eigenvalue weighted by molar-refractivity contribution is 6.31. The Morgan fingerprint density at radius 1 is 0.968 bits per heavy atom. The molecule has 2 unspecified atom stereocenters. The molecule has 1 aromatic heterocycles. The van der Waals surface area contributed by atoms with Gasteiger partial charge in [-0.3, -0.25) is 14.5 Å². The number of pyridine rings is 1. The van der Waals surface area contributed by atoms with Crippen LogP contribution in [0.5, 0.6) is 0 Å². The summed E-state index contributed by atoms with van der Waals surface area (Å²) in [6, 6.07) is 13.3. The lowest BCUT2D eigenvalue weighted by Gasteiger charge is -2.15. The molecule has 0 bridgehead atoms. The zero-order chi connectivity index (χ0) is 21.7. The van der Waals surface area contributed by atoms with E-state index in [1.807, 2.05) is 12.2 Å². The number of carbonyl (C=O) groups is 3. The molecule has 5 rings (SSSR count). The number of benzene rings is 2. The number of aromatic carboxylic acids is 1. The third-order valence-corrected chi connectivity index (χ3v) is 6.17. The van der Waals surface area contributed by atoms with Crippen molar-refractivity contribution in [3.8, 4) is 11.3 Å². The van der Waals surface area contributed by atoms with E-state index in [0.29, 0.717) is 45.7 Å². The van der Waals surface area contributed by atoms with Crippen molar-refractivity contribution in [2.45, 2.75) is 12.8 Å². The van der Waals surface area contributed by atoms with Crippen molar-refractivity contribution in [3.05, 3.63) is 71.3 Å². The lowest BCUT2D eigenvalue weighted by Crippen LogP contribution is -2.30. The molecule has 1 saturated heterocycles. The molecule has 1 aliphatic heterocycles. The van der Waals surface area contributed by atoms with Gasteiger partial charge < -0.3 is 5.11 Å². The van der Waals surface area contributed by atoms with Gasteiger partial charge in [0.1, 0.15) is 0 Å². The van der Waals surface area contributed by atoms with E-state index in [0.717, 1.165) is 0 Å². The molecular formula is C24H17ClN2O4. The van der Waals surface area contributed by atoms with Crippen molar-refractivity contribution in [1.29, 1.82) is 0 Å². The fraction of sp³-hybridized carbons (Fsp3) is 0.167. The minimum atomic E-state index is -1.07. The van der Waals surface area contributed by atoms with Crippen LogP contribution in [-0.4, -0.2) is 27.9 Å². The van der Waals surface area contributed by atoms with Crippen LogP contribution in [0.1, 0.15) is 23.2 Å². The molecule has 154 valence electrons. The minimum absolute atomic E-state index is 0.105. The maximum Gasteiger partial charge on any atom is 0.336 e. The van der Waals surface area contributed by atoms with Gasteiger partial charge in [-0.1, -0.05) is 35.9 Å². The number of aromatic nitrogens is 1. The van der Waals surface area contributed by atoms with Crippen LogP contribution in [0.2, 0.25) is 5.02 Å². The number of hydrogen-bond acceptors (Lipinski definition) is 4. The Kier molecular flexibility index (Phi) is 4.59. The number of anilines is 1. The second-order valence-electron chi connectivity index (χ2n) is 7.74. The second-order valence-corrected chi connectivity index (χ2v) is 8.17. The summed E-state index contributed by atoms with van der Waals surface area (Å²) in [4.78, 5) is 43.2. The van der Waals surface area contributed by atoms with Gasteiger partial charge in [-0.2, -0.15) is 0 Å². The van der Waals surface area contributed by atoms with E-state index in [-0.39, 0.29) is 29.2 Å². The third-order valence-electron chi connectivity index (χ3n) is 5.93. The number of fused-ring (bicyclic) bond motifs is 2. The summed E-state index contributed by atoms with van der Waals surface area (Å²) in [5.41, 5.74) is 2.30. The molecule has 0 radical (unpaired) electrons. The molecule has 3 aromatic rings. The number of nitrogens with zero attached hydrogens (tertiary/aromatic N) is 2. The van der Waals surface area contributed by atoms with Crippen LogP contribution in [-0.2, 0) is 9.59 Å². The number of rotatable bonds is 3. The Hall–Kier alpha value is -3.51. The highest BCUT2D eigenvalue weighted by Gasteiger charge is 2.47. The van der Waals surface area contributed by atoms with Crippen LogP contribution in [0, 0.1) is 11.8 Å². The van der Waals surface area contributed by atoms with E-state index in [2.05, 4.69) is 4.98 Å². The lowest BCUT2D eigenvalue weighted by molar-refractivity contribution is -0.122. The Balaban J connectivity index is 1.52. The van der Waals surface area contributed by atoms with E-state index in [1.54, 1.807) is 42.5 Å². The van der Waals surface area contributed by atoms with Gasteiger partial charge in [0.2, 0.25) is 11.8 Å². The summed E-state index contributed by atoms with van der Waals surface area (Å²) in [7, 11) is 0. The van der Waals surface area contributed by atoms with Gasteiger partial charge in [0.05, 0.1) is 34.3 Å². The first-order chi connectivity index (χ1) is 14.9. The zero-order valence-electron chi connectivity index (χ0n) is 16.3. The molecule has 2 aromatic carbocycles. The Morgan fingerprint density at radius 2 is 1.61 bits per heavy atom. The first-order valence-electron chi connectivity index (χ1n) is 9.91. The normalized spacial score (nSPS) is 20.4. The number of carbonyl (C=O) groups excluding carboxylic acids is 2. The summed E-state index contributed by atoms with van der Waals surface area (Å²) in [6.45, 7) is 0. The van der Waals surface area contributed by atoms with Crippen LogP contribution in [0.15, 0.2) is 60.7 Å². The largest absolute Gasteiger partial charge is 0.478 e. The van der Waals surface area contributed by atoms with E-state index in [9.17, 15) is 19.5 Å². The molecule has 6 nitrogen and oxygen atoms in total. The first kappa shape index (κ1) is 19.5. The molecule has 0 spiro atoms. The highest BCUT2D eigenvalue weighted by Crippen LogP contribution is 2.38. The van der Waals surface area contributed by atoms with E-state index in [1.165, 1.54) is 11.0 Å². The number of carboxylic acid groups (broad SMARTS) is 1. The van der Waals surface area contributed by atoms with Gasteiger partial charge in [-0.05, 0) is 49.2 Å². The summed E-state index contributed by atoms with van der Waals surface area (Å²) in [5, 5.41) is 10.5. The van der Waals surface area contributed by atoms with Gasteiger partial charge in [-0.25, -0.2) is 9.78 Å². The Morgan fingerprint density at radius 3 is 2.23 bits per heavy atom. The third kappa shape index (κ3) is 3.20. The number of amides is 2. The monoisotopic (exact) mass is 432 g/mol. The number of carboxylic acids is 1. The average Bonchev–Trinajstić information content (AvgIpc) is 3.03. The van der Waals surface area contributed by atoms with Crippen LogP contribution in [0.4, 0.5) is 5.69 Å². The maximum atomic E-state index is 12.8. The minimum Gasteiger partial charge on any atom is -0.478 e. The first-order valence-corrected chi connectivity index (χ1v) is 10.3. The van der Waals surface area contributed by atoms with Crippen molar-refractivity contribution < 1.29 is 19.5 Å². The van der Waals surface area contributed by atoms with E-state index in [4.69, 9.17) is 11.6 Å². The average molecular weight is 433 g/mol. The molecule has 1 fully saturated rings. The lowest BCUT2D eigenvalue weighted by atomic mass is 9.85. The molecule has 1 aliphatic carbocycles. The zero-order valence-corrected chi connectivity index (χ0v) is 17.0. The fourth-order valence-electron chi connectivity index (χ4n) is 4.36. The van der Waals surface area contributed by atoms with Crippen molar-refractivity contribution in [3.63, 3.8) is 0 Å². The predicted octanol–water partition coefficient (Wildman–Crippen LogP) is 4.71. The predicted molar refractivity (Wildman–Crippen MR) is 117 cm³/mol. The van der Waals surface area contributed by atoms with Gasteiger partial charge in [0, 0.05) is 16.0 Å². The SMILES string of the molecule is O=C(O)c1cc(-c2ccc(N3C(=O)C4CC=CCC4C3=O)cc2)nc2ccc(Cl)cc12. The number of allylic oxidation sites excluding steroid dienone is 2. The maximum absolute atomic E-state index is 12.8. The highest BCUT2D eigenvalue weighted by atomic mass is 35.5. The van der Waals surface area contributed by atoms with Gasteiger partial charge in [0.15, 0.2) is 0 Å². The second kappa shape index (κ2) is 7.32. The Bertz CT molecular complexity index is 1260. The molecule has 31 heavy (non-hydrogen) atoms. The van der Waals surface area contributed by atoms with E-state index < -0.39 is 5.97 Å². The van der Waals surface area contributed by atoms with Crippen LogP contribution < -0.4 is 4.90 Å². The summed E-state index contributed by atoms with van der Waals surface area (Å²) in [5.74, 6) is -1.98. The number of imide groups is 1. The number of hydrogen-bond donors (Lipinski definition) is 1. The van der Waals surface area contributed by atoms with Crippen LogP contribution in [0.3, 0.4) is 0 Å². The molecule has 2 aliphatic rings. The molecule has 7 heteroatoms. The number of halogens is 1. The molecular weight excluding hydrogens is 416 g/mol. The standard InChI is InChI=1S/C24H17ClN2O4/c25-14-7-10-20-18(11-14)19(24(30)31)12-21(26-20)13-5-8-15(9-6-13)27-22(28)16-3-1-2-4-17(16)23(27)29/h1-2,5-12,16-17H,3-4H2,(H,30,31). The van der Waals surface area contributed by atoms with Gasteiger partial charge >= 0.3 is 5.97 Å². The fourth-order valence-corrected chi connectivity index (χ4v) is 4.53. The summed E-state index contributed by atoms with van der Waals surface area (Å²) >= 11 is 6.02. The van der Waals surface area contributed by atoms with Crippen molar-refractivity contribution in [2.75, 3.05) is 4.90 Å². The Labute approximate surface area is 182 Å². The van der Waals surface area contributed by atoms with Crippen molar-refractivity contribution in [2.24, 2.45) is 11.8 Å². The van der Waals surface area contributed by atoms with Crippen LogP contribution in [0.25, 0.3) is 22.2 Å². The molecule has 1 N–H and O–H groups in total. The molecule has 2 amide bonds. The smallest absolute Gasteiger partial charge is 0.336 e. The van der Waals surface area contributed by atoms with Gasteiger partial charge in [-0.15, -0.1) is 0 Å². The van der Waals surface area contributed by atoms with Crippen molar-refractivity contribution >= 4 is 46.0 Å². The topological polar surface area (TPSA) is 87.6 Å². The quantitative estimate of drug-likeness (QED) is 0.478. The summed E-state index contributed by atoms with van der Waals surface area (Å²) in [6.07, 6.45) is 5.09. The molecule has 2 heterocycles. The molecule has 0 saturated carbocycles. The van der Waals surface area contributed by atoms with Crippen molar-refractivity contribution in [1.82, 2.24) is 4.98 Å².